The zero-order chi connectivity index (χ0) is 23.1. The van der Waals surface area contributed by atoms with E-state index in [9.17, 15) is 5.26 Å². The Labute approximate surface area is 204 Å². The average Bonchev–Trinajstić information content (AvgIpc) is 3.24. The monoisotopic (exact) mass is 500 g/mol. The topological polar surface area (TPSA) is 86.7 Å². The lowest BCUT2D eigenvalue weighted by Gasteiger charge is -2.27. The number of halogens is 3. The van der Waals surface area contributed by atoms with Crippen LogP contribution in [0.4, 0.5) is 0 Å². The van der Waals surface area contributed by atoms with Crippen molar-refractivity contribution in [3.05, 3.63) is 91.7 Å². The van der Waals surface area contributed by atoms with E-state index in [1.807, 2.05) is 18.2 Å². The van der Waals surface area contributed by atoms with Gasteiger partial charge in [0.15, 0.2) is 17.2 Å². The number of fused-ring (bicyclic) bond motifs is 2. The molecule has 0 saturated carbocycles. The molecule has 0 bridgehead atoms. The van der Waals surface area contributed by atoms with Crippen molar-refractivity contribution < 1.29 is 18.9 Å². The first-order valence-electron chi connectivity index (χ1n) is 9.82. The van der Waals surface area contributed by atoms with Crippen LogP contribution in [0.1, 0.15) is 22.6 Å². The summed E-state index contributed by atoms with van der Waals surface area (Å²) in [6.07, 6.45) is 0. The Morgan fingerprint density at radius 3 is 2.36 bits per heavy atom. The largest absolute Gasteiger partial charge is 0.486 e. The van der Waals surface area contributed by atoms with Gasteiger partial charge in [0.25, 0.3) is 0 Å². The third-order valence-electron chi connectivity index (χ3n) is 5.39. The van der Waals surface area contributed by atoms with E-state index in [0.717, 1.165) is 5.56 Å². The highest BCUT2D eigenvalue weighted by Gasteiger charge is 2.34. The zero-order valence-corrected chi connectivity index (χ0v) is 19.2. The Morgan fingerprint density at radius 1 is 0.970 bits per heavy atom. The van der Waals surface area contributed by atoms with Crippen molar-refractivity contribution in [3.8, 4) is 29.1 Å². The van der Waals surface area contributed by atoms with E-state index < -0.39 is 5.92 Å². The SMILES string of the molecule is N#CC1=C(N)Oc2cc3c(cc2[C@@H]1c1cc(Cl)c(OCc2ccccc2Cl)c(Cl)c1)OCO3. The molecule has 0 spiro atoms. The number of ether oxygens (including phenoxy) is 4. The smallest absolute Gasteiger partial charge is 0.231 e. The van der Waals surface area contributed by atoms with Crippen molar-refractivity contribution in [2.75, 3.05) is 6.79 Å². The summed E-state index contributed by atoms with van der Waals surface area (Å²) >= 11 is 19.3. The Bertz CT molecular complexity index is 1330. The molecule has 0 aliphatic carbocycles. The second kappa shape index (κ2) is 8.60. The van der Waals surface area contributed by atoms with Crippen molar-refractivity contribution in [1.82, 2.24) is 0 Å². The van der Waals surface area contributed by atoms with Crippen LogP contribution in [-0.2, 0) is 6.61 Å². The van der Waals surface area contributed by atoms with Gasteiger partial charge in [0.1, 0.15) is 24.0 Å². The lowest BCUT2D eigenvalue weighted by molar-refractivity contribution is 0.174. The Balaban J connectivity index is 1.54. The predicted molar refractivity (Wildman–Crippen MR) is 124 cm³/mol. The molecule has 6 nitrogen and oxygen atoms in total. The van der Waals surface area contributed by atoms with Crippen molar-refractivity contribution in [2.45, 2.75) is 12.5 Å². The van der Waals surface area contributed by atoms with Gasteiger partial charge in [-0.05, 0) is 29.8 Å². The van der Waals surface area contributed by atoms with E-state index in [2.05, 4.69) is 6.07 Å². The highest BCUT2D eigenvalue weighted by Crippen LogP contribution is 2.49. The maximum Gasteiger partial charge on any atom is 0.231 e. The first kappa shape index (κ1) is 21.6. The molecule has 1 atom stereocenters. The number of rotatable bonds is 4. The van der Waals surface area contributed by atoms with Gasteiger partial charge in [-0.25, -0.2) is 0 Å². The maximum atomic E-state index is 9.81. The number of hydrogen-bond donors (Lipinski definition) is 1. The fraction of sp³-hybridized carbons (Fsp3) is 0.125. The van der Waals surface area contributed by atoms with Gasteiger partial charge in [0.05, 0.1) is 16.0 Å². The minimum absolute atomic E-state index is 0.000145. The fourth-order valence-corrected chi connectivity index (χ4v) is 4.64. The predicted octanol–water partition coefficient (Wildman–Crippen LogP) is 6.17. The summed E-state index contributed by atoms with van der Waals surface area (Å²) in [6.45, 7) is 0.296. The van der Waals surface area contributed by atoms with Gasteiger partial charge >= 0.3 is 0 Å². The molecule has 5 rings (SSSR count). The van der Waals surface area contributed by atoms with E-state index in [4.69, 9.17) is 59.5 Å². The summed E-state index contributed by atoms with van der Waals surface area (Å²) in [6, 6.07) is 16.3. The summed E-state index contributed by atoms with van der Waals surface area (Å²) in [5.41, 5.74) is 8.44. The van der Waals surface area contributed by atoms with Gasteiger partial charge < -0.3 is 24.7 Å². The molecule has 2 aliphatic heterocycles. The first-order valence-corrected chi connectivity index (χ1v) is 11.0. The standard InChI is InChI=1S/C24H15Cl3N2O4/c25-16-4-2-1-3-12(16)10-30-23-17(26)5-13(6-18(23)27)22-14-7-20-21(32-11-31-20)8-19(14)33-24(29)15(22)9-28/h1-8,22H,10-11,29H2/t22-/m0/s1. The van der Waals surface area contributed by atoms with Crippen LogP contribution in [0.2, 0.25) is 15.1 Å². The van der Waals surface area contributed by atoms with E-state index >= 15 is 0 Å². The van der Waals surface area contributed by atoms with Gasteiger partial charge in [-0.2, -0.15) is 5.26 Å². The molecule has 2 heterocycles. The van der Waals surface area contributed by atoms with Crippen LogP contribution in [0, 0.1) is 11.3 Å². The van der Waals surface area contributed by atoms with Gasteiger partial charge in [0.2, 0.25) is 12.7 Å². The molecule has 0 aromatic heterocycles. The van der Waals surface area contributed by atoms with Gasteiger partial charge in [-0.15, -0.1) is 0 Å². The van der Waals surface area contributed by atoms with Crippen molar-refractivity contribution in [1.29, 1.82) is 5.26 Å². The third kappa shape index (κ3) is 3.89. The van der Waals surface area contributed by atoms with Crippen molar-refractivity contribution in [2.24, 2.45) is 5.73 Å². The fourth-order valence-electron chi connectivity index (χ4n) is 3.84. The third-order valence-corrected chi connectivity index (χ3v) is 6.32. The van der Waals surface area contributed by atoms with Crippen LogP contribution in [-0.4, -0.2) is 6.79 Å². The number of benzene rings is 3. The van der Waals surface area contributed by atoms with Crippen LogP contribution in [0.5, 0.6) is 23.0 Å². The lowest BCUT2D eigenvalue weighted by Crippen LogP contribution is -2.21. The minimum Gasteiger partial charge on any atom is -0.486 e. The molecule has 166 valence electrons. The summed E-state index contributed by atoms with van der Waals surface area (Å²) in [5, 5.41) is 11.0. The van der Waals surface area contributed by atoms with E-state index in [1.165, 1.54) is 0 Å². The van der Waals surface area contributed by atoms with Crippen LogP contribution >= 0.6 is 34.8 Å². The average molecular weight is 502 g/mol. The molecule has 0 unspecified atom stereocenters. The van der Waals surface area contributed by atoms with Crippen molar-refractivity contribution >= 4 is 34.8 Å². The van der Waals surface area contributed by atoms with Gasteiger partial charge in [-0.3, -0.25) is 0 Å². The molecule has 0 fully saturated rings. The lowest BCUT2D eigenvalue weighted by atomic mass is 9.83. The highest BCUT2D eigenvalue weighted by atomic mass is 35.5. The molecule has 3 aromatic rings. The normalized spacial score (nSPS) is 16.1. The Morgan fingerprint density at radius 2 is 1.67 bits per heavy atom. The van der Waals surface area contributed by atoms with E-state index in [1.54, 1.807) is 30.3 Å². The number of nitrogens with zero attached hydrogens (tertiary/aromatic N) is 1. The number of nitriles is 1. The number of allylic oxidation sites excluding steroid dienone is 1. The van der Waals surface area contributed by atoms with Crippen LogP contribution < -0.4 is 24.7 Å². The summed E-state index contributed by atoms with van der Waals surface area (Å²) < 4.78 is 22.5. The molecule has 3 aromatic carbocycles. The quantitative estimate of drug-likeness (QED) is 0.460. The van der Waals surface area contributed by atoms with Gasteiger partial charge in [-0.1, -0.05) is 53.0 Å². The molecule has 2 aliphatic rings. The molecule has 9 heteroatoms. The van der Waals surface area contributed by atoms with Crippen LogP contribution in [0.3, 0.4) is 0 Å². The van der Waals surface area contributed by atoms with Crippen LogP contribution in [0.15, 0.2) is 60.0 Å². The molecular formula is C24H15Cl3N2O4. The molecule has 0 amide bonds. The zero-order valence-electron chi connectivity index (χ0n) is 16.9. The maximum absolute atomic E-state index is 9.81. The summed E-state index contributed by atoms with van der Waals surface area (Å²) in [4.78, 5) is 0. The summed E-state index contributed by atoms with van der Waals surface area (Å²) in [5.74, 6) is 1.31. The molecular weight excluding hydrogens is 487 g/mol. The first-order chi connectivity index (χ1) is 16.0. The Kier molecular flexibility index (Phi) is 5.63. The molecule has 2 N–H and O–H groups in total. The molecule has 33 heavy (non-hydrogen) atoms. The second-order valence-electron chi connectivity index (χ2n) is 7.36. The number of hydrogen-bond acceptors (Lipinski definition) is 6. The number of nitrogens with two attached hydrogens (primary N) is 1. The second-order valence-corrected chi connectivity index (χ2v) is 8.58. The molecule has 0 radical (unpaired) electrons. The Hall–Kier alpha value is -3.24. The van der Waals surface area contributed by atoms with Gasteiger partial charge in [0, 0.05) is 22.2 Å². The summed E-state index contributed by atoms with van der Waals surface area (Å²) in [7, 11) is 0. The van der Waals surface area contributed by atoms with Crippen molar-refractivity contribution in [3.63, 3.8) is 0 Å². The van der Waals surface area contributed by atoms with E-state index in [0.29, 0.717) is 39.1 Å². The minimum atomic E-state index is -0.569. The van der Waals surface area contributed by atoms with Crippen LogP contribution in [0.25, 0.3) is 0 Å². The van der Waals surface area contributed by atoms with E-state index in [-0.39, 0.29) is 34.9 Å². The highest BCUT2D eigenvalue weighted by molar-refractivity contribution is 6.37. The molecule has 0 saturated heterocycles.